The highest BCUT2D eigenvalue weighted by Crippen LogP contribution is 2.41. The van der Waals surface area contributed by atoms with Crippen molar-refractivity contribution >= 4 is 38.9 Å². The smallest absolute Gasteiger partial charge is 0.266 e. The molecular formula is C30H29ClF2N2O2S. The molecule has 0 unspecified atom stereocenters. The third-order valence-electron chi connectivity index (χ3n) is 7.54. The molecule has 2 heterocycles. The Morgan fingerprint density at radius 3 is 2.42 bits per heavy atom. The molecule has 4 nitrogen and oxygen atoms in total. The third-order valence-corrected chi connectivity index (χ3v) is 9.22. The van der Waals surface area contributed by atoms with Crippen LogP contribution in [0.5, 0.6) is 5.75 Å². The quantitative estimate of drug-likeness (QED) is 0.230. The predicted molar refractivity (Wildman–Crippen MR) is 149 cm³/mol. The van der Waals surface area contributed by atoms with Crippen LogP contribution in [0.2, 0.25) is 5.02 Å². The molecule has 198 valence electrons. The number of amides is 1. The van der Waals surface area contributed by atoms with Crippen LogP contribution in [0.1, 0.15) is 54.3 Å². The number of hydrogen-bond donors (Lipinski definition) is 0. The Hall–Kier alpha value is -3.03. The molecule has 0 aliphatic heterocycles. The second-order valence-electron chi connectivity index (χ2n) is 9.80. The lowest BCUT2D eigenvalue weighted by Gasteiger charge is -2.37. The Morgan fingerprint density at radius 2 is 1.76 bits per heavy atom. The Kier molecular flexibility index (Phi) is 7.96. The van der Waals surface area contributed by atoms with Crippen molar-refractivity contribution in [3.8, 4) is 16.9 Å². The molecule has 0 spiro atoms. The number of methoxy groups -OCH3 is 1. The zero-order valence-electron chi connectivity index (χ0n) is 21.3. The van der Waals surface area contributed by atoms with Gasteiger partial charge in [0.1, 0.15) is 22.3 Å². The van der Waals surface area contributed by atoms with Gasteiger partial charge < -0.3 is 9.64 Å². The minimum Gasteiger partial charge on any atom is -0.497 e. The molecule has 38 heavy (non-hydrogen) atoms. The molecular weight excluding hydrogens is 526 g/mol. The highest BCUT2D eigenvalue weighted by atomic mass is 35.5. The first-order valence-corrected chi connectivity index (χ1v) is 14.0. The average Bonchev–Trinajstić information content (AvgIpc) is 3.32. The van der Waals surface area contributed by atoms with Crippen molar-refractivity contribution in [2.24, 2.45) is 5.92 Å². The van der Waals surface area contributed by atoms with Crippen LogP contribution >= 0.6 is 22.9 Å². The number of thiophene rings is 1. The van der Waals surface area contributed by atoms with Crippen LogP contribution in [0, 0.1) is 17.6 Å². The van der Waals surface area contributed by atoms with E-state index in [9.17, 15) is 13.6 Å². The molecule has 1 fully saturated rings. The number of aromatic nitrogens is 1. The SMILES string of the molecule is CCC1CCC(N(Cc2cc(OC)cc(-c3ccncc3)c2)C(=O)c2sc3c(F)ccc(F)c3c2Cl)CC1. The number of rotatable bonds is 7. The van der Waals surface area contributed by atoms with E-state index in [4.69, 9.17) is 16.3 Å². The number of hydrogen-bond acceptors (Lipinski definition) is 4. The van der Waals surface area contributed by atoms with Crippen LogP contribution < -0.4 is 4.74 Å². The summed E-state index contributed by atoms with van der Waals surface area (Å²) < 4.78 is 34.8. The minimum atomic E-state index is -0.633. The highest BCUT2D eigenvalue weighted by Gasteiger charge is 2.32. The average molecular weight is 555 g/mol. The lowest BCUT2D eigenvalue weighted by molar-refractivity contribution is 0.0592. The van der Waals surface area contributed by atoms with Crippen molar-refractivity contribution in [3.63, 3.8) is 0 Å². The molecule has 0 radical (unpaired) electrons. The van der Waals surface area contributed by atoms with Gasteiger partial charge in [-0.25, -0.2) is 8.78 Å². The van der Waals surface area contributed by atoms with Crippen molar-refractivity contribution in [1.29, 1.82) is 0 Å². The van der Waals surface area contributed by atoms with E-state index in [2.05, 4.69) is 11.9 Å². The number of halogens is 3. The van der Waals surface area contributed by atoms with Crippen molar-refractivity contribution in [2.75, 3.05) is 7.11 Å². The van der Waals surface area contributed by atoms with Gasteiger partial charge in [0.05, 0.1) is 22.2 Å². The molecule has 1 aliphatic rings. The van der Waals surface area contributed by atoms with Crippen LogP contribution in [0.3, 0.4) is 0 Å². The first kappa shape index (κ1) is 26.6. The molecule has 1 aliphatic carbocycles. The molecule has 2 aromatic carbocycles. The molecule has 1 amide bonds. The van der Waals surface area contributed by atoms with E-state index in [1.807, 2.05) is 35.2 Å². The van der Waals surface area contributed by atoms with E-state index >= 15 is 0 Å². The van der Waals surface area contributed by atoms with Gasteiger partial charge in [-0.15, -0.1) is 11.3 Å². The van der Waals surface area contributed by atoms with Gasteiger partial charge in [0.2, 0.25) is 0 Å². The zero-order chi connectivity index (χ0) is 26.8. The summed E-state index contributed by atoms with van der Waals surface area (Å²) in [5, 5.41) is -0.0571. The van der Waals surface area contributed by atoms with Gasteiger partial charge in [-0.05, 0) is 90.8 Å². The Morgan fingerprint density at radius 1 is 1.05 bits per heavy atom. The molecule has 8 heteroatoms. The van der Waals surface area contributed by atoms with Crippen LogP contribution in [0.4, 0.5) is 8.78 Å². The van der Waals surface area contributed by atoms with Gasteiger partial charge in [0, 0.05) is 25.0 Å². The number of nitrogens with zero attached hydrogens (tertiary/aromatic N) is 2. The maximum absolute atomic E-state index is 14.6. The second kappa shape index (κ2) is 11.4. The van der Waals surface area contributed by atoms with E-state index < -0.39 is 11.6 Å². The van der Waals surface area contributed by atoms with Crippen LogP contribution in [0.15, 0.2) is 54.9 Å². The predicted octanol–water partition coefficient (Wildman–Crippen LogP) is 8.51. The number of ether oxygens (including phenoxy) is 1. The third kappa shape index (κ3) is 5.27. The normalized spacial score (nSPS) is 17.5. The molecule has 0 N–H and O–H groups in total. The van der Waals surface area contributed by atoms with Gasteiger partial charge in [-0.3, -0.25) is 9.78 Å². The molecule has 0 atom stereocenters. The number of benzene rings is 2. The summed E-state index contributed by atoms with van der Waals surface area (Å²) in [6.07, 6.45) is 8.40. The van der Waals surface area contributed by atoms with Gasteiger partial charge in [-0.2, -0.15) is 0 Å². The Bertz CT molecular complexity index is 1450. The molecule has 2 aromatic heterocycles. The van der Waals surface area contributed by atoms with E-state index in [0.29, 0.717) is 18.2 Å². The van der Waals surface area contributed by atoms with E-state index in [1.165, 1.54) is 0 Å². The van der Waals surface area contributed by atoms with Crippen molar-refractivity contribution in [3.05, 3.63) is 82.0 Å². The minimum absolute atomic E-state index is 0.00292. The van der Waals surface area contributed by atoms with Crippen LogP contribution in [-0.4, -0.2) is 28.9 Å². The highest BCUT2D eigenvalue weighted by molar-refractivity contribution is 7.21. The van der Waals surface area contributed by atoms with E-state index in [1.54, 1.807) is 19.5 Å². The Balaban J connectivity index is 1.55. The molecule has 0 saturated heterocycles. The number of carbonyl (C=O) groups is 1. The van der Waals surface area contributed by atoms with Crippen molar-refractivity contribution in [1.82, 2.24) is 9.88 Å². The van der Waals surface area contributed by atoms with Gasteiger partial charge >= 0.3 is 0 Å². The Labute approximate surface area is 230 Å². The molecule has 0 bridgehead atoms. The summed E-state index contributed by atoms with van der Waals surface area (Å²) in [7, 11) is 1.62. The fraction of sp³-hybridized carbons (Fsp3) is 0.333. The van der Waals surface area contributed by atoms with Gasteiger partial charge in [0.25, 0.3) is 5.91 Å². The number of carbonyl (C=O) groups excluding carboxylic acids is 1. The summed E-state index contributed by atoms with van der Waals surface area (Å²) in [6.45, 7) is 2.52. The monoisotopic (exact) mass is 554 g/mol. The summed E-state index contributed by atoms with van der Waals surface area (Å²) >= 11 is 7.46. The number of pyridine rings is 1. The fourth-order valence-electron chi connectivity index (χ4n) is 5.37. The lowest BCUT2D eigenvalue weighted by Crippen LogP contribution is -2.41. The van der Waals surface area contributed by atoms with Gasteiger partial charge in [0.15, 0.2) is 0 Å². The fourth-order valence-corrected chi connectivity index (χ4v) is 6.88. The molecule has 5 rings (SSSR count). The number of fused-ring (bicyclic) bond motifs is 1. The standard InChI is InChI=1S/C30H29ClF2N2O2S/c1-3-18-4-6-22(7-5-18)35(30(36)29-27(31)26-24(32)8-9-25(33)28(26)38-29)17-19-14-21(16-23(15-19)37-2)20-10-12-34-13-11-20/h8-16,18,22H,3-7,17H2,1-2H3. The maximum Gasteiger partial charge on any atom is 0.266 e. The molecule has 1 saturated carbocycles. The van der Waals surface area contributed by atoms with Crippen molar-refractivity contribution in [2.45, 2.75) is 51.6 Å². The summed E-state index contributed by atoms with van der Waals surface area (Å²) in [4.78, 5) is 20.2. The van der Waals surface area contributed by atoms with Crippen molar-refractivity contribution < 1.29 is 18.3 Å². The lowest BCUT2D eigenvalue weighted by atomic mass is 9.83. The largest absolute Gasteiger partial charge is 0.497 e. The summed E-state index contributed by atoms with van der Waals surface area (Å²) in [6, 6.07) is 11.9. The van der Waals surface area contributed by atoms with Gasteiger partial charge in [-0.1, -0.05) is 24.9 Å². The first-order chi connectivity index (χ1) is 18.4. The summed E-state index contributed by atoms with van der Waals surface area (Å²) in [5.41, 5.74) is 2.84. The van der Waals surface area contributed by atoms with E-state index in [-0.39, 0.29) is 31.9 Å². The zero-order valence-corrected chi connectivity index (χ0v) is 22.9. The maximum atomic E-state index is 14.6. The van der Waals surface area contributed by atoms with Crippen LogP contribution in [0.25, 0.3) is 21.2 Å². The van der Waals surface area contributed by atoms with Crippen LogP contribution in [-0.2, 0) is 6.54 Å². The molecule has 4 aromatic rings. The van der Waals surface area contributed by atoms with E-state index in [0.717, 1.165) is 72.3 Å². The topological polar surface area (TPSA) is 42.4 Å². The summed E-state index contributed by atoms with van der Waals surface area (Å²) in [5.74, 6) is -0.193. The first-order valence-electron chi connectivity index (χ1n) is 12.8. The second-order valence-corrected chi connectivity index (χ2v) is 11.2.